The molecule has 0 heterocycles. The fourth-order valence-electron chi connectivity index (χ4n) is 2.03. The third-order valence-corrected chi connectivity index (χ3v) is 3.73. The fourth-order valence-corrected chi connectivity index (χ4v) is 2.03. The van der Waals surface area contributed by atoms with Gasteiger partial charge < -0.3 is 9.84 Å². The third kappa shape index (κ3) is 11.3. The highest BCUT2D eigenvalue weighted by Crippen LogP contribution is 2.20. The summed E-state index contributed by atoms with van der Waals surface area (Å²) in [6.07, 6.45) is 10.4. The first kappa shape index (κ1) is 19.9. The minimum Gasteiger partial charge on any atom is -0.463 e. The molecular formula is C18H32O3. The van der Waals surface area contributed by atoms with E-state index < -0.39 is 5.60 Å². The SMILES string of the molecule is CCOC(=O)C=C(C)C=CCC(C)CCCC(C)(O)CC. The van der Waals surface area contributed by atoms with Crippen molar-refractivity contribution < 1.29 is 14.6 Å². The molecule has 2 unspecified atom stereocenters. The lowest BCUT2D eigenvalue weighted by atomic mass is 9.92. The molecule has 0 amide bonds. The van der Waals surface area contributed by atoms with Crippen LogP contribution in [0.1, 0.15) is 66.7 Å². The van der Waals surface area contributed by atoms with Gasteiger partial charge >= 0.3 is 5.97 Å². The smallest absolute Gasteiger partial charge is 0.330 e. The Bertz CT molecular complexity index is 353. The van der Waals surface area contributed by atoms with Gasteiger partial charge in [-0.05, 0) is 51.5 Å². The number of aliphatic hydroxyl groups is 1. The van der Waals surface area contributed by atoms with Crippen molar-refractivity contribution >= 4 is 5.97 Å². The van der Waals surface area contributed by atoms with E-state index in [1.165, 1.54) is 6.08 Å². The molecule has 0 spiro atoms. The van der Waals surface area contributed by atoms with Gasteiger partial charge in [-0.15, -0.1) is 0 Å². The molecule has 21 heavy (non-hydrogen) atoms. The fraction of sp³-hybridized carbons (Fsp3) is 0.722. The van der Waals surface area contributed by atoms with E-state index in [2.05, 4.69) is 13.0 Å². The average Bonchev–Trinajstić information content (AvgIpc) is 2.38. The van der Waals surface area contributed by atoms with Gasteiger partial charge in [-0.2, -0.15) is 0 Å². The Morgan fingerprint density at radius 1 is 1.38 bits per heavy atom. The Hall–Kier alpha value is -1.09. The normalized spacial score (nSPS) is 16.8. The van der Waals surface area contributed by atoms with Crippen molar-refractivity contribution in [3.05, 3.63) is 23.8 Å². The van der Waals surface area contributed by atoms with E-state index in [1.54, 1.807) is 6.92 Å². The van der Waals surface area contributed by atoms with Gasteiger partial charge in [-0.25, -0.2) is 4.79 Å². The maximum absolute atomic E-state index is 11.3. The number of carbonyl (C=O) groups is 1. The van der Waals surface area contributed by atoms with E-state index >= 15 is 0 Å². The van der Waals surface area contributed by atoms with Crippen LogP contribution in [0.5, 0.6) is 0 Å². The summed E-state index contributed by atoms with van der Waals surface area (Å²) in [5.41, 5.74) is 0.392. The maximum atomic E-state index is 11.3. The van der Waals surface area contributed by atoms with E-state index in [0.717, 1.165) is 37.7 Å². The summed E-state index contributed by atoms with van der Waals surface area (Å²) in [5.74, 6) is 0.304. The highest BCUT2D eigenvalue weighted by Gasteiger charge is 2.16. The van der Waals surface area contributed by atoms with Crippen LogP contribution < -0.4 is 0 Å². The van der Waals surface area contributed by atoms with Crippen LogP contribution in [0.25, 0.3) is 0 Å². The molecule has 2 atom stereocenters. The average molecular weight is 296 g/mol. The molecule has 0 aliphatic heterocycles. The van der Waals surface area contributed by atoms with Gasteiger partial charge in [0.25, 0.3) is 0 Å². The first-order valence-electron chi connectivity index (χ1n) is 8.04. The van der Waals surface area contributed by atoms with E-state index in [0.29, 0.717) is 12.5 Å². The van der Waals surface area contributed by atoms with Gasteiger partial charge in [0, 0.05) is 6.08 Å². The monoisotopic (exact) mass is 296 g/mol. The topological polar surface area (TPSA) is 46.5 Å². The molecule has 0 aliphatic carbocycles. The molecule has 1 N–H and O–H groups in total. The Labute approximate surface area is 130 Å². The van der Waals surface area contributed by atoms with Crippen LogP contribution in [0.3, 0.4) is 0 Å². The molecule has 0 saturated heterocycles. The van der Waals surface area contributed by atoms with Crippen molar-refractivity contribution in [2.24, 2.45) is 5.92 Å². The zero-order valence-electron chi connectivity index (χ0n) is 14.3. The second kappa shape index (κ2) is 10.6. The van der Waals surface area contributed by atoms with Crippen molar-refractivity contribution in [2.75, 3.05) is 6.61 Å². The molecular weight excluding hydrogens is 264 g/mol. The predicted molar refractivity (Wildman–Crippen MR) is 88.1 cm³/mol. The van der Waals surface area contributed by atoms with Crippen LogP contribution in [0.15, 0.2) is 23.8 Å². The van der Waals surface area contributed by atoms with Gasteiger partial charge in [-0.3, -0.25) is 0 Å². The van der Waals surface area contributed by atoms with Gasteiger partial charge in [0.15, 0.2) is 0 Å². The lowest BCUT2D eigenvalue weighted by Gasteiger charge is -2.21. The first-order valence-corrected chi connectivity index (χ1v) is 8.04. The largest absolute Gasteiger partial charge is 0.463 e. The second-order valence-electron chi connectivity index (χ2n) is 6.13. The molecule has 0 rings (SSSR count). The zero-order valence-corrected chi connectivity index (χ0v) is 14.3. The third-order valence-electron chi connectivity index (χ3n) is 3.73. The number of carbonyl (C=O) groups excluding carboxylic acids is 1. The Balaban J connectivity index is 3.99. The van der Waals surface area contributed by atoms with Crippen molar-refractivity contribution in [3.8, 4) is 0 Å². The highest BCUT2D eigenvalue weighted by atomic mass is 16.5. The van der Waals surface area contributed by atoms with Crippen LogP contribution >= 0.6 is 0 Å². The molecule has 0 saturated carbocycles. The van der Waals surface area contributed by atoms with Gasteiger partial charge in [0.05, 0.1) is 12.2 Å². The minimum absolute atomic E-state index is 0.283. The standard InChI is InChI=1S/C18H32O3/c1-6-18(5,20)13-9-12-15(3)10-8-11-16(4)14-17(19)21-7-2/h8,11,14-15,20H,6-7,9-10,12-13H2,1-5H3. The van der Waals surface area contributed by atoms with Crippen LogP contribution in [0, 0.1) is 5.92 Å². The molecule has 0 aromatic rings. The van der Waals surface area contributed by atoms with Crippen molar-refractivity contribution in [1.29, 1.82) is 0 Å². The first-order chi connectivity index (χ1) is 9.80. The molecule has 0 bridgehead atoms. The molecule has 0 aliphatic rings. The summed E-state index contributed by atoms with van der Waals surface area (Å²) in [5, 5.41) is 9.95. The number of esters is 1. The zero-order chi connectivity index (χ0) is 16.3. The van der Waals surface area contributed by atoms with Gasteiger partial charge in [0.1, 0.15) is 0 Å². The van der Waals surface area contributed by atoms with Crippen molar-refractivity contribution in [2.45, 2.75) is 72.3 Å². The highest BCUT2D eigenvalue weighted by molar-refractivity contribution is 5.83. The van der Waals surface area contributed by atoms with E-state index in [4.69, 9.17) is 4.74 Å². The van der Waals surface area contributed by atoms with E-state index in [-0.39, 0.29) is 5.97 Å². The lowest BCUT2D eigenvalue weighted by Crippen LogP contribution is -2.22. The number of hydrogen-bond donors (Lipinski definition) is 1. The Morgan fingerprint density at radius 3 is 2.62 bits per heavy atom. The van der Waals surface area contributed by atoms with Crippen LogP contribution in [0.4, 0.5) is 0 Å². The van der Waals surface area contributed by atoms with Crippen molar-refractivity contribution in [3.63, 3.8) is 0 Å². The number of hydrogen-bond acceptors (Lipinski definition) is 3. The Kier molecular flexibility index (Phi) is 10.1. The quantitative estimate of drug-likeness (QED) is 0.369. The summed E-state index contributed by atoms with van der Waals surface area (Å²) >= 11 is 0. The number of allylic oxidation sites excluding steroid dienone is 3. The van der Waals surface area contributed by atoms with E-state index in [9.17, 15) is 9.90 Å². The van der Waals surface area contributed by atoms with Crippen LogP contribution in [0.2, 0.25) is 0 Å². The predicted octanol–water partition coefficient (Wildman–Crippen LogP) is 4.41. The minimum atomic E-state index is -0.519. The molecule has 0 aromatic carbocycles. The van der Waals surface area contributed by atoms with Gasteiger partial charge in [0.2, 0.25) is 0 Å². The molecule has 0 radical (unpaired) electrons. The number of rotatable bonds is 10. The second-order valence-corrected chi connectivity index (χ2v) is 6.13. The summed E-state index contributed by atoms with van der Waals surface area (Å²) in [4.78, 5) is 11.3. The summed E-state index contributed by atoms with van der Waals surface area (Å²) in [6, 6.07) is 0. The molecule has 0 aromatic heterocycles. The number of ether oxygens (including phenoxy) is 1. The summed E-state index contributed by atoms with van der Waals surface area (Å²) < 4.78 is 4.86. The summed E-state index contributed by atoms with van der Waals surface area (Å²) in [7, 11) is 0. The van der Waals surface area contributed by atoms with E-state index in [1.807, 2.05) is 26.8 Å². The van der Waals surface area contributed by atoms with Crippen molar-refractivity contribution in [1.82, 2.24) is 0 Å². The molecule has 122 valence electrons. The van der Waals surface area contributed by atoms with Gasteiger partial charge in [-0.1, -0.05) is 38.8 Å². The molecule has 3 nitrogen and oxygen atoms in total. The summed E-state index contributed by atoms with van der Waals surface area (Å²) in [6.45, 7) is 10.2. The molecule has 3 heteroatoms. The molecule has 0 fully saturated rings. The maximum Gasteiger partial charge on any atom is 0.330 e. The van der Waals surface area contributed by atoms with Crippen LogP contribution in [-0.4, -0.2) is 23.3 Å². The lowest BCUT2D eigenvalue weighted by molar-refractivity contribution is -0.137. The Morgan fingerprint density at radius 2 is 2.05 bits per heavy atom. The van der Waals surface area contributed by atoms with Crippen LogP contribution in [-0.2, 0) is 9.53 Å².